The number of anilines is 1. The van der Waals surface area contributed by atoms with Gasteiger partial charge in [-0.25, -0.2) is 4.90 Å². The van der Waals surface area contributed by atoms with Crippen LogP contribution in [0, 0.1) is 11.8 Å². The maximum absolute atomic E-state index is 13.1. The highest BCUT2D eigenvalue weighted by Crippen LogP contribution is 2.53. The van der Waals surface area contributed by atoms with Crippen LogP contribution in [0.2, 0.25) is 0 Å². The van der Waals surface area contributed by atoms with Gasteiger partial charge in [0.15, 0.2) is 5.78 Å². The Balaban J connectivity index is 1.80. The molecule has 3 aliphatic heterocycles. The summed E-state index contributed by atoms with van der Waals surface area (Å²) in [6, 6.07) is 4.83. The molecule has 4 rings (SSSR count). The van der Waals surface area contributed by atoms with Gasteiger partial charge >= 0.3 is 0 Å². The summed E-state index contributed by atoms with van der Waals surface area (Å²) < 4.78 is 11.4. The van der Waals surface area contributed by atoms with E-state index in [4.69, 9.17) is 9.47 Å². The monoisotopic (exact) mass is 341 g/mol. The van der Waals surface area contributed by atoms with Gasteiger partial charge in [0.2, 0.25) is 11.8 Å². The largest absolute Gasteiger partial charge is 0.492 e. The Morgan fingerprint density at radius 3 is 2.72 bits per heavy atom. The van der Waals surface area contributed by atoms with Crippen molar-refractivity contribution in [1.82, 2.24) is 0 Å². The second kappa shape index (κ2) is 5.26. The zero-order chi connectivity index (χ0) is 17.9. The minimum Gasteiger partial charge on any atom is -0.492 e. The quantitative estimate of drug-likeness (QED) is 0.476. The lowest BCUT2D eigenvalue weighted by atomic mass is 9.78. The minimum atomic E-state index is -0.749. The predicted molar refractivity (Wildman–Crippen MR) is 89.5 cm³/mol. The van der Waals surface area contributed by atoms with Gasteiger partial charge < -0.3 is 9.47 Å². The summed E-state index contributed by atoms with van der Waals surface area (Å²) in [7, 11) is 0. The number of imide groups is 1. The fourth-order valence-corrected chi connectivity index (χ4v) is 4.08. The Morgan fingerprint density at radius 1 is 1.32 bits per heavy atom. The molecule has 0 spiro atoms. The molecule has 3 aliphatic rings. The van der Waals surface area contributed by atoms with Crippen molar-refractivity contribution in [1.29, 1.82) is 0 Å². The zero-order valence-electron chi connectivity index (χ0n) is 14.3. The molecule has 6 heteroatoms. The van der Waals surface area contributed by atoms with Crippen molar-refractivity contribution >= 4 is 23.3 Å². The lowest BCUT2D eigenvalue weighted by Gasteiger charge is -2.25. The van der Waals surface area contributed by atoms with E-state index < -0.39 is 17.4 Å². The molecule has 6 nitrogen and oxygen atoms in total. The maximum Gasteiger partial charge on any atom is 0.241 e. The second-order valence-electron chi connectivity index (χ2n) is 6.81. The fraction of sp³-hybridized carbons (Fsp3) is 0.421. The van der Waals surface area contributed by atoms with E-state index in [-0.39, 0.29) is 23.7 Å². The molecule has 0 N–H and O–H groups in total. The number of benzene rings is 1. The SMILES string of the molecule is CCOc1ccc(C(C)=O)cc1N1C(=O)[C@H]2[C@H]3C=C[C@@](C)(O3)[C@H]2C1=O. The van der Waals surface area contributed by atoms with E-state index in [1.54, 1.807) is 18.2 Å². The summed E-state index contributed by atoms with van der Waals surface area (Å²) in [5.41, 5.74) is 0.0162. The van der Waals surface area contributed by atoms with Crippen molar-refractivity contribution < 1.29 is 23.9 Å². The molecule has 3 heterocycles. The molecule has 0 radical (unpaired) electrons. The number of Topliss-reactive ketones (excluding diaryl/α,β-unsaturated/α-hetero) is 1. The van der Waals surface area contributed by atoms with Crippen molar-refractivity contribution in [2.45, 2.75) is 32.5 Å². The molecular weight excluding hydrogens is 322 g/mol. The van der Waals surface area contributed by atoms with E-state index in [0.717, 1.165) is 0 Å². The van der Waals surface area contributed by atoms with Gasteiger partial charge in [-0.3, -0.25) is 14.4 Å². The zero-order valence-corrected chi connectivity index (χ0v) is 14.3. The van der Waals surface area contributed by atoms with Crippen molar-refractivity contribution in [2.24, 2.45) is 11.8 Å². The average Bonchev–Trinajstić information content (AvgIpc) is 3.17. The Labute approximate surface area is 145 Å². The first kappa shape index (κ1) is 16.0. The topological polar surface area (TPSA) is 72.9 Å². The molecule has 0 aromatic heterocycles. The lowest BCUT2D eigenvalue weighted by Crippen LogP contribution is -2.38. The summed E-state index contributed by atoms with van der Waals surface area (Å²) in [5, 5.41) is 0. The molecular formula is C19H19NO5. The summed E-state index contributed by atoms with van der Waals surface area (Å²) in [6.07, 6.45) is 3.34. The van der Waals surface area contributed by atoms with Crippen LogP contribution >= 0.6 is 0 Å². The van der Waals surface area contributed by atoms with Crippen LogP contribution in [0.1, 0.15) is 31.1 Å². The number of hydrogen-bond donors (Lipinski definition) is 0. The molecule has 2 saturated heterocycles. The van der Waals surface area contributed by atoms with Crippen molar-refractivity contribution in [3.05, 3.63) is 35.9 Å². The van der Waals surface area contributed by atoms with Crippen LogP contribution in [0.15, 0.2) is 30.4 Å². The lowest BCUT2D eigenvalue weighted by molar-refractivity contribution is -0.126. The highest BCUT2D eigenvalue weighted by molar-refractivity contribution is 6.24. The van der Waals surface area contributed by atoms with Crippen LogP contribution in [-0.4, -0.2) is 35.9 Å². The van der Waals surface area contributed by atoms with E-state index in [1.807, 2.05) is 26.0 Å². The highest BCUT2D eigenvalue weighted by atomic mass is 16.5. The fourth-order valence-electron chi connectivity index (χ4n) is 4.08. The number of rotatable bonds is 4. The van der Waals surface area contributed by atoms with Gasteiger partial charge in [-0.2, -0.15) is 0 Å². The van der Waals surface area contributed by atoms with Crippen LogP contribution in [0.4, 0.5) is 5.69 Å². The van der Waals surface area contributed by atoms with Crippen LogP contribution < -0.4 is 9.64 Å². The van der Waals surface area contributed by atoms with E-state index in [1.165, 1.54) is 11.8 Å². The molecule has 1 aromatic rings. The van der Waals surface area contributed by atoms with Crippen molar-refractivity contribution in [3.8, 4) is 5.75 Å². The highest BCUT2D eigenvalue weighted by Gasteiger charge is 2.66. The number of amides is 2. The third kappa shape index (κ3) is 2.10. The average molecular weight is 341 g/mol. The Bertz CT molecular complexity index is 829. The van der Waals surface area contributed by atoms with E-state index in [0.29, 0.717) is 23.6 Å². The molecule has 0 aliphatic carbocycles. The maximum atomic E-state index is 13.1. The molecule has 1 aromatic carbocycles. The molecule has 2 fully saturated rings. The molecule has 130 valence electrons. The summed E-state index contributed by atoms with van der Waals surface area (Å²) in [4.78, 5) is 39.0. The Hall–Kier alpha value is -2.47. The van der Waals surface area contributed by atoms with E-state index in [2.05, 4.69) is 0 Å². The summed E-state index contributed by atoms with van der Waals surface area (Å²) in [6.45, 7) is 5.49. The van der Waals surface area contributed by atoms with Gasteiger partial charge in [0.05, 0.1) is 35.8 Å². The third-order valence-electron chi connectivity index (χ3n) is 5.24. The number of carbonyl (C=O) groups excluding carboxylic acids is 3. The summed E-state index contributed by atoms with van der Waals surface area (Å²) in [5.74, 6) is -1.37. The number of ether oxygens (including phenoxy) is 2. The number of ketones is 1. The first-order chi connectivity index (χ1) is 11.9. The normalized spacial score (nSPS) is 32.4. The number of hydrogen-bond acceptors (Lipinski definition) is 5. The van der Waals surface area contributed by atoms with Crippen molar-refractivity contribution in [3.63, 3.8) is 0 Å². The predicted octanol–water partition coefficient (Wildman–Crippen LogP) is 2.12. The van der Waals surface area contributed by atoms with Gasteiger partial charge in [-0.1, -0.05) is 12.2 Å². The first-order valence-electron chi connectivity index (χ1n) is 8.40. The first-order valence-corrected chi connectivity index (χ1v) is 8.40. The van der Waals surface area contributed by atoms with Crippen LogP contribution in [0.5, 0.6) is 5.75 Å². The van der Waals surface area contributed by atoms with Gasteiger partial charge in [-0.15, -0.1) is 0 Å². The molecule has 0 saturated carbocycles. The number of nitrogens with zero attached hydrogens (tertiary/aromatic N) is 1. The molecule has 25 heavy (non-hydrogen) atoms. The molecule has 4 atom stereocenters. The van der Waals surface area contributed by atoms with Crippen LogP contribution in [-0.2, 0) is 14.3 Å². The van der Waals surface area contributed by atoms with Gasteiger partial charge in [0.25, 0.3) is 0 Å². The molecule has 2 bridgehead atoms. The van der Waals surface area contributed by atoms with E-state index >= 15 is 0 Å². The third-order valence-corrected chi connectivity index (χ3v) is 5.24. The smallest absolute Gasteiger partial charge is 0.241 e. The molecule has 0 unspecified atom stereocenters. The standard InChI is InChI=1S/C19H19NO5/c1-4-24-13-6-5-11(10(2)21)9-12(13)20-17(22)15-14-7-8-19(3,25-14)16(15)18(20)23/h5-9,14-16H,4H2,1-3H3/t14-,15+,16-,19-/m1/s1. The Kier molecular flexibility index (Phi) is 3.37. The molecule has 2 amide bonds. The van der Waals surface area contributed by atoms with Crippen LogP contribution in [0.25, 0.3) is 0 Å². The number of carbonyl (C=O) groups is 3. The minimum absolute atomic E-state index is 0.138. The Morgan fingerprint density at radius 2 is 2.08 bits per heavy atom. The van der Waals surface area contributed by atoms with Gasteiger partial charge in [-0.05, 0) is 39.0 Å². The van der Waals surface area contributed by atoms with Crippen LogP contribution in [0.3, 0.4) is 0 Å². The van der Waals surface area contributed by atoms with Gasteiger partial charge in [0, 0.05) is 5.56 Å². The summed E-state index contributed by atoms with van der Waals surface area (Å²) >= 11 is 0. The second-order valence-corrected chi connectivity index (χ2v) is 6.81. The van der Waals surface area contributed by atoms with E-state index in [9.17, 15) is 14.4 Å². The van der Waals surface area contributed by atoms with Crippen molar-refractivity contribution in [2.75, 3.05) is 11.5 Å². The number of fused-ring (bicyclic) bond motifs is 5. The van der Waals surface area contributed by atoms with Gasteiger partial charge in [0.1, 0.15) is 5.75 Å².